The summed E-state index contributed by atoms with van der Waals surface area (Å²) in [5.74, 6) is -1.19. The largest absolute Gasteiger partial charge is 0.476 e. The summed E-state index contributed by atoms with van der Waals surface area (Å²) in [5.41, 5.74) is 3.15. The molecule has 3 aromatic rings. The van der Waals surface area contributed by atoms with E-state index in [1.165, 1.54) is 4.31 Å². The van der Waals surface area contributed by atoms with E-state index < -0.39 is 16.0 Å². The Morgan fingerprint density at radius 1 is 1.13 bits per heavy atom. The lowest BCUT2D eigenvalue weighted by molar-refractivity contribution is 0.0688. The van der Waals surface area contributed by atoms with Gasteiger partial charge in [-0.05, 0) is 55.3 Å². The third kappa shape index (κ3) is 3.51. The molecule has 2 aromatic carbocycles. The number of halogens is 1. The highest BCUT2D eigenvalue weighted by molar-refractivity contribution is 7.89. The Hall–Kier alpha value is -2.68. The molecule has 2 heterocycles. The van der Waals surface area contributed by atoms with Crippen LogP contribution in [0.1, 0.15) is 32.9 Å². The smallest absolute Gasteiger partial charge is 0.356 e. The summed E-state index contributed by atoms with van der Waals surface area (Å²) < 4.78 is 29.5. The molecule has 7 nitrogen and oxygen atoms in total. The van der Waals surface area contributed by atoms with Crippen LogP contribution in [0.25, 0.3) is 5.69 Å². The molecule has 1 aromatic heterocycles. The number of aromatic carboxylic acids is 1. The van der Waals surface area contributed by atoms with Crippen molar-refractivity contribution in [2.45, 2.75) is 31.7 Å². The maximum absolute atomic E-state index is 13.3. The number of hydrogen-bond acceptors (Lipinski definition) is 4. The molecule has 156 valence electrons. The summed E-state index contributed by atoms with van der Waals surface area (Å²) in [4.78, 5) is 12.1. The molecule has 0 saturated heterocycles. The lowest BCUT2D eigenvalue weighted by Crippen LogP contribution is -2.37. The topological polar surface area (TPSA) is 92.5 Å². The maximum Gasteiger partial charge on any atom is 0.356 e. The average molecular weight is 446 g/mol. The highest BCUT2D eigenvalue weighted by Crippen LogP contribution is 2.30. The first-order valence-corrected chi connectivity index (χ1v) is 11.2. The van der Waals surface area contributed by atoms with Crippen molar-refractivity contribution < 1.29 is 18.3 Å². The van der Waals surface area contributed by atoms with Crippen LogP contribution in [0.5, 0.6) is 0 Å². The zero-order valence-electron chi connectivity index (χ0n) is 16.5. The van der Waals surface area contributed by atoms with Crippen LogP contribution in [0.4, 0.5) is 0 Å². The summed E-state index contributed by atoms with van der Waals surface area (Å²) in [6.07, 6.45) is 0.350. The lowest BCUT2D eigenvalue weighted by atomic mass is 10.1. The summed E-state index contributed by atoms with van der Waals surface area (Å²) in [6, 6.07) is 12.2. The minimum absolute atomic E-state index is 0.0414. The molecule has 0 spiro atoms. The number of carboxylic acids is 1. The fraction of sp³-hybridized carbons (Fsp3) is 0.238. The molecule has 1 N–H and O–H groups in total. The van der Waals surface area contributed by atoms with Crippen LogP contribution in [0.3, 0.4) is 0 Å². The van der Waals surface area contributed by atoms with Gasteiger partial charge in [0.2, 0.25) is 10.0 Å². The number of aryl methyl sites for hydroxylation is 2. The first-order chi connectivity index (χ1) is 14.2. The van der Waals surface area contributed by atoms with E-state index in [2.05, 4.69) is 5.10 Å². The van der Waals surface area contributed by atoms with E-state index in [4.69, 9.17) is 11.6 Å². The van der Waals surface area contributed by atoms with E-state index in [1.54, 1.807) is 48.0 Å². The number of benzene rings is 2. The predicted molar refractivity (Wildman–Crippen MR) is 113 cm³/mol. The fourth-order valence-corrected chi connectivity index (χ4v) is 5.54. The van der Waals surface area contributed by atoms with Crippen molar-refractivity contribution in [1.82, 2.24) is 14.1 Å². The molecule has 1 aliphatic rings. The Kier molecular flexibility index (Phi) is 5.17. The SMILES string of the molecule is Cc1ccc(C)c(S(=O)(=O)N2CCc3c(c(C(=O)O)nn3-c3ccc(Cl)cc3)C2)c1. The minimum Gasteiger partial charge on any atom is -0.476 e. The number of sulfonamides is 1. The van der Waals surface area contributed by atoms with Gasteiger partial charge in [0.15, 0.2) is 5.69 Å². The number of aromatic nitrogens is 2. The zero-order valence-corrected chi connectivity index (χ0v) is 18.0. The van der Waals surface area contributed by atoms with Gasteiger partial charge in [-0.25, -0.2) is 17.9 Å². The van der Waals surface area contributed by atoms with Crippen molar-refractivity contribution in [3.63, 3.8) is 0 Å². The molecule has 4 rings (SSSR count). The van der Waals surface area contributed by atoms with Crippen molar-refractivity contribution >= 4 is 27.6 Å². The summed E-state index contributed by atoms with van der Waals surface area (Å²) in [5, 5.41) is 14.5. The van der Waals surface area contributed by atoms with E-state index in [-0.39, 0.29) is 23.7 Å². The van der Waals surface area contributed by atoms with Crippen molar-refractivity contribution in [2.24, 2.45) is 0 Å². The van der Waals surface area contributed by atoms with Crippen LogP contribution in [0, 0.1) is 13.8 Å². The van der Waals surface area contributed by atoms with E-state index in [9.17, 15) is 18.3 Å². The number of fused-ring (bicyclic) bond motifs is 1. The monoisotopic (exact) mass is 445 g/mol. The van der Waals surface area contributed by atoms with Crippen molar-refractivity contribution in [3.8, 4) is 5.69 Å². The summed E-state index contributed by atoms with van der Waals surface area (Å²) in [6.45, 7) is 3.79. The van der Waals surface area contributed by atoms with Gasteiger partial charge in [-0.2, -0.15) is 9.40 Å². The van der Waals surface area contributed by atoms with E-state index in [0.717, 1.165) is 5.56 Å². The Balaban J connectivity index is 1.77. The Labute approximate surface area is 179 Å². The van der Waals surface area contributed by atoms with Crippen molar-refractivity contribution in [3.05, 3.63) is 75.6 Å². The normalized spacial score (nSPS) is 14.5. The number of nitrogens with zero attached hydrogens (tertiary/aromatic N) is 3. The third-order valence-electron chi connectivity index (χ3n) is 5.26. The summed E-state index contributed by atoms with van der Waals surface area (Å²) >= 11 is 5.95. The molecule has 30 heavy (non-hydrogen) atoms. The molecule has 1 aliphatic heterocycles. The van der Waals surface area contributed by atoms with E-state index in [0.29, 0.717) is 34.0 Å². The molecule has 0 unspecified atom stereocenters. The van der Waals surface area contributed by atoms with Gasteiger partial charge in [0.05, 0.1) is 16.3 Å². The van der Waals surface area contributed by atoms with E-state index in [1.807, 2.05) is 13.0 Å². The lowest BCUT2D eigenvalue weighted by Gasteiger charge is -2.27. The maximum atomic E-state index is 13.3. The fourth-order valence-electron chi connectivity index (χ4n) is 3.69. The van der Waals surface area contributed by atoms with Gasteiger partial charge < -0.3 is 5.11 Å². The second kappa shape index (κ2) is 7.54. The molecule has 0 amide bonds. The van der Waals surface area contributed by atoms with E-state index >= 15 is 0 Å². The minimum atomic E-state index is -3.78. The van der Waals surface area contributed by atoms with Gasteiger partial charge in [0.25, 0.3) is 0 Å². The molecule has 0 saturated carbocycles. The quantitative estimate of drug-likeness (QED) is 0.662. The van der Waals surface area contributed by atoms with Crippen LogP contribution in [-0.4, -0.2) is 40.1 Å². The molecule has 9 heteroatoms. The van der Waals surface area contributed by atoms with Crippen LogP contribution in [0.15, 0.2) is 47.4 Å². The Morgan fingerprint density at radius 3 is 2.50 bits per heavy atom. The Morgan fingerprint density at radius 2 is 1.83 bits per heavy atom. The van der Waals surface area contributed by atoms with Gasteiger partial charge in [0, 0.05) is 30.1 Å². The number of rotatable bonds is 4. The molecule has 0 bridgehead atoms. The molecule has 0 atom stereocenters. The molecule has 0 fully saturated rings. The highest BCUT2D eigenvalue weighted by atomic mass is 35.5. The van der Waals surface area contributed by atoms with Gasteiger partial charge in [-0.15, -0.1) is 0 Å². The van der Waals surface area contributed by atoms with Gasteiger partial charge in [-0.1, -0.05) is 23.7 Å². The molecular formula is C21H20ClN3O4S. The van der Waals surface area contributed by atoms with Crippen molar-refractivity contribution in [2.75, 3.05) is 6.54 Å². The molecule has 0 radical (unpaired) electrons. The molecular weight excluding hydrogens is 426 g/mol. The standard InChI is InChI=1S/C21H20ClN3O4S/c1-13-3-4-14(2)19(11-13)30(28,29)24-10-9-18-17(12-24)20(21(26)27)23-25(18)16-7-5-15(22)6-8-16/h3-8,11H,9-10,12H2,1-2H3,(H,26,27). The number of carboxylic acid groups (broad SMARTS) is 1. The van der Waals surface area contributed by atoms with Crippen LogP contribution in [-0.2, 0) is 23.0 Å². The van der Waals surface area contributed by atoms with Crippen LogP contribution >= 0.6 is 11.6 Å². The first kappa shape index (κ1) is 20.6. The van der Waals surface area contributed by atoms with Crippen LogP contribution < -0.4 is 0 Å². The number of hydrogen-bond donors (Lipinski definition) is 1. The van der Waals surface area contributed by atoms with Crippen LogP contribution in [0.2, 0.25) is 5.02 Å². The Bertz CT molecular complexity index is 1250. The third-order valence-corrected chi connectivity index (χ3v) is 7.50. The number of carbonyl (C=O) groups is 1. The molecule has 0 aliphatic carbocycles. The predicted octanol–water partition coefficient (Wildman–Crippen LogP) is 3.59. The average Bonchev–Trinajstić information content (AvgIpc) is 3.09. The first-order valence-electron chi connectivity index (χ1n) is 9.36. The van der Waals surface area contributed by atoms with Gasteiger partial charge in [0.1, 0.15) is 0 Å². The second-order valence-electron chi connectivity index (χ2n) is 7.32. The van der Waals surface area contributed by atoms with Gasteiger partial charge in [-0.3, -0.25) is 0 Å². The highest BCUT2D eigenvalue weighted by Gasteiger charge is 2.35. The zero-order chi connectivity index (χ0) is 21.6. The van der Waals surface area contributed by atoms with Gasteiger partial charge >= 0.3 is 5.97 Å². The summed E-state index contributed by atoms with van der Waals surface area (Å²) in [7, 11) is -3.78. The second-order valence-corrected chi connectivity index (χ2v) is 9.67. The van der Waals surface area contributed by atoms with Crippen molar-refractivity contribution in [1.29, 1.82) is 0 Å².